The molecule has 0 aliphatic heterocycles. The van der Waals surface area contributed by atoms with Gasteiger partial charge in [0.1, 0.15) is 0 Å². The minimum Gasteiger partial charge on any atom is -0.493 e. The summed E-state index contributed by atoms with van der Waals surface area (Å²) in [6.45, 7) is 6.72. The van der Waals surface area contributed by atoms with Crippen molar-refractivity contribution in [3.8, 4) is 11.5 Å². The summed E-state index contributed by atoms with van der Waals surface area (Å²) in [6, 6.07) is 5.51. The lowest BCUT2D eigenvalue weighted by molar-refractivity contribution is 0.198. The maximum absolute atomic E-state index is 9.53. The minimum absolute atomic E-state index is 0.492. The second kappa shape index (κ2) is 6.50. The zero-order valence-electron chi connectivity index (χ0n) is 11.1. The number of methoxy groups -OCH3 is 1. The molecule has 0 spiro atoms. The maximum atomic E-state index is 9.53. The standard InChI is InChI=1S/C14H22O3/c1-10(2)7-8-17-14-9-12(11(3)15)5-6-13(14)16-4/h5-6,9-11,15H,7-8H2,1-4H3. The molecule has 0 saturated heterocycles. The van der Waals surface area contributed by atoms with Gasteiger partial charge in [0.15, 0.2) is 11.5 Å². The number of rotatable bonds is 6. The predicted octanol–water partition coefficient (Wildman–Crippen LogP) is 3.17. The van der Waals surface area contributed by atoms with Crippen LogP contribution in [0.4, 0.5) is 0 Å². The first-order valence-electron chi connectivity index (χ1n) is 6.03. The van der Waals surface area contributed by atoms with Gasteiger partial charge >= 0.3 is 0 Å². The first-order chi connectivity index (χ1) is 8.04. The van der Waals surface area contributed by atoms with Crippen molar-refractivity contribution in [2.75, 3.05) is 13.7 Å². The van der Waals surface area contributed by atoms with Crippen LogP contribution in [0.25, 0.3) is 0 Å². The van der Waals surface area contributed by atoms with Crippen LogP contribution in [0, 0.1) is 5.92 Å². The molecule has 0 aromatic heterocycles. The summed E-state index contributed by atoms with van der Waals surface area (Å²) in [5.41, 5.74) is 0.838. The van der Waals surface area contributed by atoms with E-state index in [0.29, 0.717) is 24.0 Å². The molecule has 0 amide bonds. The van der Waals surface area contributed by atoms with Gasteiger partial charge in [-0.2, -0.15) is 0 Å². The van der Waals surface area contributed by atoms with Crippen molar-refractivity contribution >= 4 is 0 Å². The third kappa shape index (κ3) is 4.27. The monoisotopic (exact) mass is 238 g/mol. The van der Waals surface area contributed by atoms with Crippen LogP contribution in [-0.2, 0) is 0 Å². The van der Waals surface area contributed by atoms with E-state index in [0.717, 1.165) is 12.0 Å². The Morgan fingerprint density at radius 2 is 1.88 bits per heavy atom. The van der Waals surface area contributed by atoms with Crippen LogP contribution in [-0.4, -0.2) is 18.8 Å². The summed E-state index contributed by atoms with van der Waals surface area (Å²) in [6.07, 6.45) is 0.510. The van der Waals surface area contributed by atoms with E-state index in [1.54, 1.807) is 14.0 Å². The molecule has 1 aromatic carbocycles. The molecule has 0 saturated carbocycles. The Morgan fingerprint density at radius 1 is 1.18 bits per heavy atom. The third-order valence-electron chi connectivity index (χ3n) is 2.62. The maximum Gasteiger partial charge on any atom is 0.161 e. The Hall–Kier alpha value is -1.22. The Labute approximate surface area is 103 Å². The number of aliphatic hydroxyl groups excluding tert-OH is 1. The van der Waals surface area contributed by atoms with Crippen molar-refractivity contribution in [3.05, 3.63) is 23.8 Å². The van der Waals surface area contributed by atoms with Gasteiger partial charge in [-0.1, -0.05) is 19.9 Å². The van der Waals surface area contributed by atoms with Gasteiger partial charge in [-0.05, 0) is 37.0 Å². The quantitative estimate of drug-likeness (QED) is 0.827. The topological polar surface area (TPSA) is 38.7 Å². The average Bonchev–Trinajstić information content (AvgIpc) is 2.28. The van der Waals surface area contributed by atoms with Crippen LogP contribution in [0.2, 0.25) is 0 Å². The fourth-order valence-corrected chi connectivity index (χ4v) is 1.47. The zero-order valence-corrected chi connectivity index (χ0v) is 11.1. The highest BCUT2D eigenvalue weighted by molar-refractivity contribution is 5.43. The van der Waals surface area contributed by atoms with Gasteiger partial charge < -0.3 is 14.6 Å². The lowest BCUT2D eigenvalue weighted by Gasteiger charge is -2.14. The molecule has 0 aliphatic rings. The van der Waals surface area contributed by atoms with Crippen molar-refractivity contribution in [2.45, 2.75) is 33.3 Å². The number of aliphatic hydroxyl groups is 1. The van der Waals surface area contributed by atoms with Gasteiger partial charge in [-0.15, -0.1) is 0 Å². The normalized spacial score (nSPS) is 12.6. The first-order valence-corrected chi connectivity index (χ1v) is 6.03. The molecule has 3 nitrogen and oxygen atoms in total. The van der Waals surface area contributed by atoms with Crippen LogP contribution in [0.15, 0.2) is 18.2 Å². The van der Waals surface area contributed by atoms with E-state index in [4.69, 9.17) is 9.47 Å². The smallest absolute Gasteiger partial charge is 0.161 e. The molecule has 0 radical (unpaired) electrons. The molecule has 1 unspecified atom stereocenters. The van der Waals surface area contributed by atoms with E-state index in [2.05, 4.69) is 13.8 Å². The van der Waals surface area contributed by atoms with Gasteiger partial charge in [-0.25, -0.2) is 0 Å². The highest BCUT2D eigenvalue weighted by atomic mass is 16.5. The van der Waals surface area contributed by atoms with Gasteiger partial charge in [0, 0.05) is 0 Å². The number of hydrogen-bond donors (Lipinski definition) is 1. The molecule has 17 heavy (non-hydrogen) atoms. The van der Waals surface area contributed by atoms with E-state index in [1.807, 2.05) is 18.2 Å². The second-order valence-corrected chi connectivity index (χ2v) is 4.62. The van der Waals surface area contributed by atoms with Crippen LogP contribution < -0.4 is 9.47 Å². The molecule has 0 fully saturated rings. The summed E-state index contributed by atoms with van der Waals surface area (Å²) in [4.78, 5) is 0. The number of benzene rings is 1. The summed E-state index contributed by atoms with van der Waals surface area (Å²) in [5, 5.41) is 9.53. The molecule has 1 N–H and O–H groups in total. The second-order valence-electron chi connectivity index (χ2n) is 4.62. The molecule has 1 atom stereocenters. The number of ether oxygens (including phenoxy) is 2. The molecular weight excluding hydrogens is 216 g/mol. The lowest BCUT2D eigenvalue weighted by Crippen LogP contribution is -2.03. The molecule has 1 rings (SSSR count). The van der Waals surface area contributed by atoms with Crippen molar-refractivity contribution in [2.24, 2.45) is 5.92 Å². The van der Waals surface area contributed by atoms with Crippen LogP contribution in [0.5, 0.6) is 11.5 Å². The highest BCUT2D eigenvalue weighted by Crippen LogP contribution is 2.30. The Kier molecular flexibility index (Phi) is 5.29. The van der Waals surface area contributed by atoms with Gasteiger partial charge in [0.05, 0.1) is 19.8 Å². The predicted molar refractivity (Wildman–Crippen MR) is 68.6 cm³/mol. The van der Waals surface area contributed by atoms with Crippen LogP contribution in [0.1, 0.15) is 38.9 Å². The number of hydrogen-bond acceptors (Lipinski definition) is 3. The first kappa shape index (κ1) is 13.8. The molecule has 0 heterocycles. The van der Waals surface area contributed by atoms with Crippen molar-refractivity contribution in [1.82, 2.24) is 0 Å². The lowest BCUT2D eigenvalue weighted by atomic mass is 10.1. The zero-order chi connectivity index (χ0) is 12.8. The van der Waals surface area contributed by atoms with Crippen molar-refractivity contribution in [3.63, 3.8) is 0 Å². The van der Waals surface area contributed by atoms with E-state index in [1.165, 1.54) is 0 Å². The molecule has 3 heteroatoms. The largest absolute Gasteiger partial charge is 0.493 e. The van der Waals surface area contributed by atoms with Crippen molar-refractivity contribution < 1.29 is 14.6 Å². The molecule has 96 valence electrons. The van der Waals surface area contributed by atoms with Crippen molar-refractivity contribution in [1.29, 1.82) is 0 Å². The molecule has 0 bridgehead atoms. The van der Waals surface area contributed by atoms with E-state index in [9.17, 15) is 5.11 Å². The van der Waals surface area contributed by atoms with Gasteiger partial charge in [0.25, 0.3) is 0 Å². The molecule has 1 aromatic rings. The van der Waals surface area contributed by atoms with E-state index in [-0.39, 0.29) is 0 Å². The van der Waals surface area contributed by atoms with Crippen LogP contribution >= 0.6 is 0 Å². The summed E-state index contributed by atoms with van der Waals surface area (Å²) in [5.74, 6) is 2.02. The molecular formula is C14H22O3. The summed E-state index contributed by atoms with van der Waals surface area (Å²) in [7, 11) is 1.62. The SMILES string of the molecule is COc1ccc(C(C)O)cc1OCCC(C)C. The van der Waals surface area contributed by atoms with E-state index < -0.39 is 6.10 Å². The Bertz CT molecular complexity index is 345. The van der Waals surface area contributed by atoms with Gasteiger partial charge in [0.2, 0.25) is 0 Å². The Balaban J connectivity index is 2.75. The Morgan fingerprint density at radius 3 is 2.41 bits per heavy atom. The summed E-state index contributed by atoms with van der Waals surface area (Å²) >= 11 is 0. The minimum atomic E-state index is -0.492. The van der Waals surface area contributed by atoms with Crippen LogP contribution in [0.3, 0.4) is 0 Å². The summed E-state index contributed by atoms with van der Waals surface area (Å²) < 4.78 is 10.9. The van der Waals surface area contributed by atoms with Gasteiger partial charge in [-0.3, -0.25) is 0 Å². The highest BCUT2D eigenvalue weighted by Gasteiger charge is 2.09. The fourth-order valence-electron chi connectivity index (χ4n) is 1.47. The third-order valence-corrected chi connectivity index (χ3v) is 2.62. The molecule has 0 aliphatic carbocycles. The average molecular weight is 238 g/mol. The fraction of sp³-hybridized carbons (Fsp3) is 0.571. The van der Waals surface area contributed by atoms with E-state index >= 15 is 0 Å².